The predicted molar refractivity (Wildman–Crippen MR) is 117 cm³/mol. The van der Waals surface area contributed by atoms with Gasteiger partial charge in [-0.25, -0.2) is 14.4 Å². The molecule has 1 fully saturated rings. The number of aromatic nitrogens is 3. The highest BCUT2D eigenvalue weighted by atomic mass is 32.2. The second-order valence-electron chi connectivity index (χ2n) is 7.40. The minimum atomic E-state index is -1.26. The van der Waals surface area contributed by atoms with E-state index in [4.69, 9.17) is 0 Å². The van der Waals surface area contributed by atoms with Crippen LogP contribution in [0.25, 0.3) is 33.5 Å². The molecule has 152 valence electrons. The molecule has 0 bridgehead atoms. The lowest BCUT2D eigenvalue weighted by atomic mass is 10.0. The molecule has 1 unspecified atom stereocenters. The number of nitrogens with one attached hydrogen (secondary N) is 1. The molecule has 7 heteroatoms. The number of H-pyrrole nitrogens is 1. The van der Waals surface area contributed by atoms with Crippen LogP contribution in [0.5, 0.6) is 0 Å². The van der Waals surface area contributed by atoms with Gasteiger partial charge in [0.15, 0.2) is 10.5 Å². The number of hydrogen-bond acceptors (Lipinski definition) is 4. The van der Waals surface area contributed by atoms with Crippen LogP contribution in [-0.2, 0) is 11.4 Å². The first kappa shape index (κ1) is 19.2. The Morgan fingerprint density at radius 1 is 1.00 bits per heavy atom. The van der Waals surface area contributed by atoms with Crippen molar-refractivity contribution in [1.82, 2.24) is 19.3 Å². The standard InChI is InChI=1S/C23H21FN4OS/c24-19-14-16(8-9-18(19)21-15-26-23-20(27-21)10-11-25-23)17-6-2-3-7-22(17)30(29)28-12-4-1-5-13-28/h2-3,6-11,14-15H,1,4-5,12-13H2,(H,25,26). The molecule has 1 aliphatic rings. The summed E-state index contributed by atoms with van der Waals surface area (Å²) < 4.78 is 30.3. The van der Waals surface area contributed by atoms with Crippen LogP contribution in [0.15, 0.2) is 65.8 Å². The van der Waals surface area contributed by atoms with Gasteiger partial charge in [0.1, 0.15) is 11.3 Å². The predicted octanol–water partition coefficient (Wildman–Crippen LogP) is 4.94. The monoisotopic (exact) mass is 420 g/mol. The molecule has 0 saturated carbocycles. The molecule has 5 nitrogen and oxygen atoms in total. The minimum Gasteiger partial charge on any atom is -0.593 e. The first-order valence-corrected chi connectivity index (χ1v) is 11.2. The molecule has 3 heterocycles. The fourth-order valence-electron chi connectivity index (χ4n) is 3.88. The van der Waals surface area contributed by atoms with Crippen LogP contribution in [-0.4, -0.2) is 36.9 Å². The third kappa shape index (κ3) is 3.60. The first-order chi connectivity index (χ1) is 14.7. The van der Waals surface area contributed by atoms with E-state index in [1.807, 2.05) is 40.7 Å². The molecule has 4 aromatic rings. The summed E-state index contributed by atoms with van der Waals surface area (Å²) in [7, 11) is 0. The van der Waals surface area contributed by atoms with Gasteiger partial charge in [0.2, 0.25) is 0 Å². The van der Waals surface area contributed by atoms with E-state index >= 15 is 4.39 Å². The van der Waals surface area contributed by atoms with E-state index in [-0.39, 0.29) is 5.82 Å². The summed E-state index contributed by atoms with van der Waals surface area (Å²) in [6.07, 6.45) is 6.62. The van der Waals surface area contributed by atoms with Gasteiger partial charge < -0.3 is 9.54 Å². The molecule has 0 spiro atoms. The molecular weight excluding hydrogens is 399 g/mol. The summed E-state index contributed by atoms with van der Waals surface area (Å²) >= 11 is -1.26. The van der Waals surface area contributed by atoms with E-state index in [0.717, 1.165) is 36.4 Å². The van der Waals surface area contributed by atoms with Gasteiger partial charge in [-0.1, -0.05) is 24.6 Å². The molecule has 0 aliphatic carbocycles. The maximum absolute atomic E-state index is 15.1. The lowest BCUT2D eigenvalue weighted by molar-refractivity contribution is 0.346. The number of halogens is 1. The van der Waals surface area contributed by atoms with E-state index in [1.165, 1.54) is 12.5 Å². The molecule has 2 aromatic carbocycles. The van der Waals surface area contributed by atoms with Gasteiger partial charge in [0.05, 0.1) is 23.3 Å². The molecule has 1 saturated heterocycles. The van der Waals surface area contributed by atoms with Crippen LogP contribution >= 0.6 is 0 Å². The molecule has 30 heavy (non-hydrogen) atoms. The van der Waals surface area contributed by atoms with Crippen LogP contribution in [0, 0.1) is 5.82 Å². The van der Waals surface area contributed by atoms with Gasteiger partial charge in [0, 0.05) is 30.4 Å². The van der Waals surface area contributed by atoms with Gasteiger partial charge >= 0.3 is 0 Å². The van der Waals surface area contributed by atoms with Crippen molar-refractivity contribution in [2.45, 2.75) is 24.2 Å². The van der Waals surface area contributed by atoms with Gasteiger partial charge in [-0.3, -0.25) is 0 Å². The zero-order valence-electron chi connectivity index (χ0n) is 16.3. The minimum absolute atomic E-state index is 0.379. The Balaban J connectivity index is 1.50. The topological polar surface area (TPSA) is 67.9 Å². The van der Waals surface area contributed by atoms with Gasteiger partial charge in [-0.2, -0.15) is 0 Å². The normalized spacial score (nSPS) is 16.1. The maximum Gasteiger partial charge on any atom is 0.181 e. The zero-order valence-corrected chi connectivity index (χ0v) is 17.2. The first-order valence-electron chi connectivity index (χ1n) is 10.1. The summed E-state index contributed by atoms with van der Waals surface area (Å²) in [5.74, 6) is -0.379. The Bertz CT molecular complexity index is 1190. The van der Waals surface area contributed by atoms with Crippen molar-refractivity contribution in [3.63, 3.8) is 0 Å². The third-order valence-electron chi connectivity index (χ3n) is 5.44. The van der Waals surface area contributed by atoms with Gasteiger partial charge in [0.25, 0.3) is 0 Å². The summed E-state index contributed by atoms with van der Waals surface area (Å²) in [6, 6.07) is 14.4. The van der Waals surface area contributed by atoms with Crippen LogP contribution < -0.4 is 0 Å². The highest BCUT2D eigenvalue weighted by molar-refractivity contribution is 7.89. The molecule has 1 aliphatic heterocycles. The smallest absolute Gasteiger partial charge is 0.181 e. The second-order valence-corrected chi connectivity index (χ2v) is 8.85. The Labute approximate surface area is 177 Å². The van der Waals surface area contributed by atoms with E-state index in [2.05, 4.69) is 15.0 Å². The van der Waals surface area contributed by atoms with E-state index < -0.39 is 11.4 Å². The third-order valence-corrected chi connectivity index (χ3v) is 7.01. The number of nitrogens with zero attached hydrogens (tertiary/aromatic N) is 3. The molecule has 0 radical (unpaired) electrons. The molecular formula is C23H21FN4OS. The van der Waals surface area contributed by atoms with Crippen molar-refractivity contribution in [2.75, 3.05) is 13.1 Å². The number of benzene rings is 2. The van der Waals surface area contributed by atoms with Gasteiger partial charge in [-0.05, 0) is 48.7 Å². The fraction of sp³-hybridized carbons (Fsp3) is 0.217. The zero-order chi connectivity index (χ0) is 20.5. The average molecular weight is 421 g/mol. The van der Waals surface area contributed by atoms with E-state index in [9.17, 15) is 4.55 Å². The second kappa shape index (κ2) is 8.18. The summed E-state index contributed by atoms with van der Waals surface area (Å²) in [6.45, 7) is 1.66. The summed E-state index contributed by atoms with van der Waals surface area (Å²) in [5, 5.41) is 0. The Kier molecular flexibility index (Phi) is 5.25. The highest BCUT2D eigenvalue weighted by Crippen LogP contribution is 2.33. The van der Waals surface area contributed by atoms with Crippen LogP contribution in [0.2, 0.25) is 0 Å². The largest absolute Gasteiger partial charge is 0.593 e. The molecule has 5 rings (SSSR count). The maximum atomic E-state index is 15.1. The summed E-state index contributed by atoms with van der Waals surface area (Å²) in [4.78, 5) is 12.5. The van der Waals surface area contributed by atoms with Crippen LogP contribution in [0.1, 0.15) is 19.3 Å². The quantitative estimate of drug-likeness (QED) is 0.475. The Hall–Kier alpha value is -2.74. The van der Waals surface area contributed by atoms with Gasteiger partial charge in [-0.15, -0.1) is 4.31 Å². The van der Waals surface area contributed by atoms with Crippen molar-refractivity contribution in [3.05, 3.63) is 66.7 Å². The van der Waals surface area contributed by atoms with Crippen molar-refractivity contribution >= 4 is 22.5 Å². The molecule has 0 amide bonds. The van der Waals surface area contributed by atoms with E-state index in [1.54, 1.807) is 18.5 Å². The van der Waals surface area contributed by atoms with E-state index in [0.29, 0.717) is 28.0 Å². The van der Waals surface area contributed by atoms with Crippen molar-refractivity contribution < 1.29 is 8.94 Å². The number of rotatable bonds is 4. The van der Waals surface area contributed by atoms with Crippen molar-refractivity contribution in [1.29, 1.82) is 0 Å². The number of aromatic amines is 1. The fourth-order valence-corrected chi connectivity index (χ4v) is 5.31. The van der Waals surface area contributed by atoms with Crippen LogP contribution in [0.4, 0.5) is 4.39 Å². The Morgan fingerprint density at radius 2 is 1.83 bits per heavy atom. The average Bonchev–Trinajstić information content (AvgIpc) is 3.27. The van der Waals surface area contributed by atoms with Crippen LogP contribution in [0.3, 0.4) is 0 Å². The van der Waals surface area contributed by atoms with Crippen molar-refractivity contribution in [2.24, 2.45) is 0 Å². The molecule has 1 atom stereocenters. The lowest BCUT2D eigenvalue weighted by Gasteiger charge is -2.28. The SMILES string of the molecule is [O-][S+](c1ccccc1-c1ccc(-c2cnc3[nH]ccc3n2)c(F)c1)N1CCCCC1. The number of piperidine rings is 1. The molecule has 1 N–H and O–H groups in total. The highest BCUT2D eigenvalue weighted by Gasteiger charge is 2.27. The molecule has 2 aromatic heterocycles. The van der Waals surface area contributed by atoms with Crippen molar-refractivity contribution in [3.8, 4) is 22.4 Å². The number of hydrogen-bond donors (Lipinski definition) is 1. The summed E-state index contributed by atoms with van der Waals surface area (Å²) in [5.41, 5.74) is 3.73. The Morgan fingerprint density at radius 3 is 2.67 bits per heavy atom. The number of fused-ring (bicyclic) bond motifs is 1. The lowest BCUT2D eigenvalue weighted by Crippen LogP contribution is -2.35.